The molecule has 0 aliphatic carbocycles. The van der Waals surface area contributed by atoms with Crippen LogP contribution in [0.25, 0.3) is 0 Å². The predicted molar refractivity (Wildman–Crippen MR) is 80.7 cm³/mol. The molecule has 110 valence electrons. The lowest BCUT2D eigenvalue weighted by atomic mass is 10.0. The molecule has 1 aromatic carbocycles. The van der Waals surface area contributed by atoms with Crippen LogP contribution in [0.4, 0.5) is 0 Å². The van der Waals surface area contributed by atoms with Gasteiger partial charge in [-0.1, -0.05) is 24.3 Å². The molecular weight excluding hydrogens is 250 g/mol. The zero-order valence-electron chi connectivity index (χ0n) is 13.0. The first-order chi connectivity index (χ1) is 9.37. The second-order valence-electron chi connectivity index (χ2n) is 6.51. The molecule has 1 atom stereocenters. The van der Waals surface area contributed by atoms with Crippen molar-refractivity contribution in [2.75, 3.05) is 13.1 Å². The third kappa shape index (κ3) is 3.83. The molecule has 0 radical (unpaired) electrons. The van der Waals surface area contributed by atoms with Crippen LogP contribution >= 0.6 is 0 Å². The van der Waals surface area contributed by atoms with Crippen LogP contribution in [0.2, 0.25) is 0 Å². The number of nitrogens with zero attached hydrogens (tertiary/aromatic N) is 1. The highest BCUT2D eigenvalue weighted by Crippen LogP contribution is 2.18. The molecule has 1 aliphatic heterocycles. The van der Waals surface area contributed by atoms with Gasteiger partial charge in [0.1, 0.15) is 11.6 Å². The van der Waals surface area contributed by atoms with E-state index in [2.05, 4.69) is 29.2 Å². The Balaban J connectivity index is 2.00. The minimum Gasteiger partial charge on any atom is -0.459 e. The molecule has 0 saturated heterocycles. The molecule has 20 heavy (non-hydrogen) atoms. The molecule has 2 rings (SSSR count). The summed E-state index contributed by atoms with van der Waals surface area (Å²) in [7, 11) is 0. The molecule has 3 nitrogen and oxygen atoms in total. The zero-order chi connectivity index (χ0) is 14.8. The summed E-state index contributed by atoms with van der Waals surface area (Å²) in [5, 5.41) is 0. The van der Waals surface area contributed by atoms with E-state index in [-0.39, 0.29) is 12.0 Å². The minimum atomic E-state index is -0.417. The minimum absolute atomic E-state index is 0.122. The van der Waals surface area contributed by atoms with Gasteiger partial charge in [-0.05, 0) is 51.7 Å². The summed E-state index contributed by atoms with van der Waals surface area (Å²) in [5.41, 5.74) is 2.40. The van der Waals surface area contributed by atoms with Crippen molar-refractivity contribution >= 4 is 5.97 Å². The SMILES string of the molecule is CC(C(=O)OC(C)(C)C)N1CCc2ccccc2CC1. The van der Waals surface area contributed by atoms with E-state index >= 15 is 0 Å². The van der Waals surface area contributed by atoms with Gasteiger partial charge < -0.3 is 4.74 Å². The fourth-order valence-corrected chi connectivity index (χ4v) is 2.61. The predicted octanol–water partition coefficient (Wildman–Crippen LogP) is 2.82. The first-order valence-electron chi connectivity index (χ1n) is 7.40. The maximum absolute atomic E-state index is 12.2. The van der Waals surface area contributed by atoms with Crippen LogP contribution < -0.4 is 0 Å². The Labute approximate surface area is 121 Å². The molecule has 0 spiro atoms. The Bertz CT molecular complexity index is 449. The lowest BCUT2D eigenvalue weighted by Gasteiger charge is -2.29. The van der Waals surface area contributed by atoms with Gasteiger partial charge in [-0.3, -0.25) is 9.69 Å². The third-order valence-electron chi connectivity index (χ3n) is 3.75. The molecule has 3 heteroatoms. The largest absolute Gasteiger partial charge is 0.459 e. The summed E-state index contributed by atoms with van der Waals surface area (Å²) >= 11 is 0. The van der Waals surface area contributed by atoms with Crippen LogP contribution in [0, 0.1) is 0 Å². The Kier molecular flexibility index (Phi) is 4.48. The van der Waals surface area contributed by atoms with Crippen LogP contribution in [0.3, 0.4) is 0 Å². The molecule has 1 heterocycles. The topological polar surface area (TPSA) is 29.5 Å². The molecule has 0 fully saturated rings. The highest BCUT2D eigenvalue weighted by molar-refractivity contribution is 5.75. The van der Waals surface area contributed by atoms with Gasteiger partial charge in [-0.25, -0.2) is 0 Å². The van der Waals surface area contributed by atoms with Crippen molar-refractivity contribution in [2.24, 2.45) is 0 Å². The van der Waals surface area contributed by atoms with Gasteiger partial charge in [0.2, 0.25) is 0 Å². The van der Waals surface area contributed by atoms with Crippen LogP contribution in [0.1, 0.15) is 38.8 Å². The van der Waals surface area contributed by atoms with Gasteiger partial charge in [-0.2, -0.15) is 0 Å². The number of esters is 1. The summed E-state index contributed by atoms with van der Waals surface area (Å²) in [6, 6.07) is 8.38. The maximum atomic E-state index is 12.2. The third-order valence-corrected chi connectivity index (χ3v) is 3.75. The maximum Gasteiger partial charge on any atom is 0.323 e. The number of ether oxygens (including phenoxy) is 1. The second kappa shape index (κ2) is 5.96. The lowest BCUT2D eigenvalue weighted by Crippen LogP contribution is -2.43. The van der Waals surface area contributed by atoms with E-state index in [9.17, 15) is 4.79 Å². The van der Waals surface area contributed by atoms with Crippen LogP contribution in [0.5, 0.6) is 0 Å². The Hall–Kier alpha value is -1.35. The van der Waals surface area contributed by atoms with E-state index < -0.39 is 5.60 Å². The quantitative estimate of drug-likeness (QED) is 0.777. The van der Waals surface area contributed by atoms with Crippen LogP contribution in [-0.2, 0) is 22.4 Å². The van der Waals surface area contributed by atoms with E-state index in [0.717, 1.165) is 25.9 Å². The molecule has 0 saturated carbocycles. The fraction of sp³-hybridized carbons (Fsp3) is 0.588. The molecule has 1 aliphatic rings. The molecule has 0 amide bonds. The Morgan fingerprint density at radius 2 is 1.65 bits per heavy atom. The zero-order valence-corrected chi connectivity index (χ0v) is 13.0. The molecular formula is C17H25NO2. The van der Waals surface area contributed by atoms with Crippen molar-refractivity contribution in [1.29, 1.82) is 0 Å². The van der Waals surface area contributed by atoms with Gasteiger partial charge >= 0.3 is 5.97 Å². The first-order valence-corrected chi connectivity index (χ1v) is 7.40. The van der Waals surface area contributed by atoms with Gasteiger partial charge in [-0.15, -0.1) is 0 Å². The average molecular weight is 275 g/mol. The van der Waals surface area contributed by atoms with Gasteiger partial charge in [0.05, 0.1) is 0 Å². The normalized spacial score (nSPS) is 18.0. The summed E-state index contributed by atoms with van der Waals surface area (Å²) < 4.78 is 5.49. The fourth-order valence-electron chi connectivity index (χ4n) is 2.61. The Morgan fingerprint density at radius 3 is 2.10 bits per heavy atom. The number of carbonyl (C=O) groups is 1. The van der Waals surface area contributed by atoms with E-state index in [1.165, 1.54) is 11.1 Å². The molecule has 1 aromatic rings. The van der Waals surface area contributed by atoms with Gasteiger partial charge in [0.25, 0.3) is 0 Å². The van der Waals surface area contributed by atoms with E-state index in [1.54, 1.807) is 0 Å². The van der Waals surface area contributed by atoms with E-state index in [1.807, 2.05) is 27.7 Å². The average Bonchev–Trinajstić information content (AvgIpc) is 2.58. The van der Waals surface area contributed by atoms with E-state index in [0.29, 0.717) is 0 Å². The van der Waals surface area contributed by atoms with Crippen molar-refractivity contribution in [1.82, 2.24) is 4.90 Å². The first kappa shape index (κ1) is 15.0. The number of hydrogen-bond acceptors (Lipinski definition) is 3. The van der Waals surface area contributed by atoms with Crippen molar-refractivity contribution in [3.8, 4) is 0 Å². The number of fused-ring (bicyclic) bond motifs is 1. The second-order valence-corrected chi connectivity index (χ2v) is 6.51. The summed E-state index contributed by atoms with van der Waals surface area (Å²) in [6.07, 6.45) is 2.01. The van der Waals surface area contributed by atoms with Crippen molar-refractivity contribution in [2.45, 2.75) is 52.2 Å². The number of hydrogen-bond donors (Lipinski definition) is 0. The van der Waals surface area contributed by atoms with E-state index in [4.69, 9.17) is 4.74 Å². The highest BCUT2D eigenvalue weighted by Gasteiger charge is 2.27. The van der Waals surface area contributed by atoms with Crippen LogP contribution in [-0.4, -0.2) is 35.6 Å². The number of rotatable bonds is 2. The number of benzene rings is 1. The lowest BCUT2D eigenvalue weighted by molar-refractivity contribution is -0.160. The number of carbonyl (C=O) groups excluding carboxylic acids is 1. The standard InChI is InChI=1S/C17H25NO2/c1-13(16(19)20-17(2,3)4)18-11-9-14-7-5-6-8-15(14)10-12-18/h5-8,13H,9-12H2,1-4H3. The summed E-state index contributed by atoms with van der Waals surface area (Å²) in [4.78, 5) is 14.4. The summed E-state index contributed by atoms with van der Waals surface area (Å²) in [6.45, 7) is 9.51. The van der Waals surface area contributed by atoms with Crippen molar-refractivity contribution < 1.29 is 9.53 Å². The smallest absolute Gasteiger partial charge is 0.323 e. The molecule has 1 unspecified atom stereocenters. The van der Waals surface area contributed by atoms with Crippen LogP contribution in [0.15, 0.2) is 24.3 Å². The van der Waals surface area contributed by atoms with Gasteiger partial charge in [0.15, 0.2) is 0 Å². The van der Waals surface area contributed by atoms with Crippen molar-refractivity contribution in [3.63, 3.8) is 0 Å². The highest BCUT2D eigenvalue weighted by atomic mass is 16.6. The molecule has 0 bridgehead atoms. The monoisotopic (exact) mass is 275 g/mol. The van der Waals surface area contributed by atoms with Crippen molar-refractivity contribution in [3.05, 3.63) is 35.4 Å². The Morgan fingerprint density at radius 1 is 1.15 bits per heavy atom. The van der Waals surface area contributed by atoms with Gasteiger partial charge in [0, 0.05) is 13.1 Å². The summed E-state index contributed by atoms with van der Waals surface area (Å²) in [5.74, 6) is -0.122. The molecule has 0 aromatic heterocycles. The molecule has 0 N–H and O–H groups in total.